The Morgan fingerprint density at radius 3 is 2.92 bits per heavy atom. The highest BCUT2D eigenvalue weighted by Crippen LogP contribution is 2.42. The van der Waals surface area contributed by atoms with Crippen molar-refractivity contribution in [2.75, 3.05) is 26.3 Å². The Balaban J connectivity index is 1.24. The lowest BCUT2D eigenvalue weighted by Gasteiger charge is -2.38. The Labute approximate surface area is 153 Å². The van der Waals surface area contributed by atoms with Gasteiger partial charge in [-0.15, -0.1) is 0 Å². The third-order valence-electron chi connectivity index (χ3n) is 5.44. The second-order valence-corrected chi connectivity index (χ2v) is 7.27. The molecule has 1 spiro atoms. The van der Waals surface area contributed by atoms with E-state index in [0.717, 1.165) is 50.5 Å². The summed E-state index contributed by atoms with van der Waals surface area (Å²) in [7, 11) is 0. The fourth-order valence-electron chi connectivity index (χ4n) is 3.88. The van der Waals surface area contributed by atoms with E-state index in [9.17, 15) is 4.79 Å². The summed E-state index contributed by atoms with van der Waals surface area (Å²) in [6.45, 7) is 2.89. The Hall–Kier alpha value is -2.34. The van der Waals surface area contributed by atoms with Crippen LogP contribution in [-0.4, -0.2) is 48.2 Å². The van der Waals surface area contributed by atoms with Gasteiger partial charge in [-0.25, -0.2) is 0 Å². The van der Waals surface area contributed by atoms with Crippen LogP contribution >= 0.6 is 0 Å². The highest BCUT2D eigenvalue weighted by Gasteiger charge is 2.43. The predicted octanol–water partition coefficient (Wildman–Crippen LogP) is 2.69. The molecular formula is C20H24N2O4. The van der Waals surface area contributed by atoms with Crippen LogP contribution < -0.4 is 4.74 Å². The average molecular weight is 356 g/mol. The highest BCUT2D eigenvalue weighted by molar-refractivity contribution is 5.78. The summed E-state index contributed by atoms with van der Waals surface area (Å²) in [6, 6.07) is 7.43. The van der Waals surface area contributed by atoms with Crippen molar-refractivity contribution in [3.05, 3.63) is 48.7 Å². The molecule has 6 heteroatoms. The number of piperidine rings is 1. The second-order valence-electron chi connectivity index (χ2n) is 7.27. The molecule has 1 amide bonds. The highest BCUT2D eigenvalue weighted by atomic mass is 16.5. The van der Waals surface area contributed by atoms with Crippen LogP contribution in [0.3, 0.4) is 0 Å². The van der Waals surface area contributed by atoms with Crippen LogP contribution in [0.2, 0.25) is 0 Å². The van der Waals surface area contributed by atoms with Crippen molar-refractivity contribution in [3.63, 3.8) is 0 Å². The molecule has 4 heterocycles. The number of pyridine rings is 1. The quantitative estimate of drug-likeness (QED) is 0.824. The first kappa shape index (κ1) is 17.1. The molecule has 4 rings (SSSR count). The molecule has 0 unspecified atom stereocenters. The summed E-state index contributed by atoms with van der Waals surface area (Å²) in [5, 5.41) is 0. The number of hydrogen-bond acceptors (Lipinski definition) is 5. The number of nitrogens with zero attached hydrogens (tertiary/aromatic N) is 2. The number of rotatable bonds is 5. The van der Waals surface area contributed by atoms with Crippen LogP contribution in [0.15, 0.2) is 47.3 Å². The van der Waals surface area contributed by atoms with Crippen molar-refractivity contribution in [1.82, 2.24) is 9.88 Å². The number of carbonyl (C=O) groups is 1. The summed E-state index contributed by atoms with van der Waals surface area (Å²) in [5.74, 6) is 1.65. The van der Waals surface area contributed by atoms with Crippen molar-refractivity contribution in [2.24, 2.45) is 5.41 Å². The van der Waals surface area contributed by atoms with Crippen molar-refractivity contribution >= 4 is 5.91 Å². The van der Waals surface area contributed by atoms with Gasteiger partial charge in [-0.05, 0) is 48.9 Å². The van der Waals surface area contributed by atoms with Gasteiger partial charge in [0, 0.05) is 19.3 Å². The van der Waals surface area contributed by atoms with E-state index in [1.807, 2.05) is 29.2 Å². The van der Waals surface area contributed by atoms with Crippen LogP contribution in [0, 0.1) is 5.41 Å². The second kappa shape index (κ2) is 7.50. The number of hydrogen-bond donors (Lipinski definition) is 0. The molecule has 0 radical (unpaired) electrons. The molecule has 1 atom stereocenters. The zero-order valence-corrected chi connectivity index (χ0v) is 14.8. The Morgan fingerprint density at radius 1 is 1.31 bits per heavy atom. The summed E-state index contributed by atoms with van der Waals surface area (Å²) < 4.78 is 17.0. The van der Waals surface area contributed by atoms with Crippen LogP contribution in [0.25, 0.3) is 0 Å². The van der Waals surface area contributed by atoms with E-state index in [1.165, 1.54) is 0 Å². The smallest absolute Gasteiger partial charge is 0.230 e. The van der Waals surface area contributed by atoms with Crippen molar-refractivity contribution in [1.29, 1.82) is 0 Å². The van der Waals surface area contributed by atoms with Gasteiger partial charge in [-0.2, -0.15) is 0 Å². The van der Waals surface area contributed by atoms with Crippen LogP contribution in [0.4, 0.5) is 0 Å². The van der Waals surface area contributed by atoms with Crippen LogP contribution in [0.5, 0.6) is 5.75 Å². The molecule has 0 N–H and O–H groups in total. The standard InChI is InChI=1S/C20H24N2O4/c23-19(11-16-4-2-10-24-16)22-8-5-20(6-9-22)12-18(26-15-20)14-25-17-3-1-7-21-13-17/h1-4,7,10,13,18H,5-6,8-9,11-12,14-15H2/t18-/m0/s1. The Kier molecular flexibility index (Phi) is 4.93. The van der Waals surface area contributed by atoms with Gasteiger partial charge in [-0.1, -0.05) is 0 Å². The number of carbonyl (C=O) groups excluding carboxylic acids is 1. The van der Waals surface area contributed by atoms with Gasteiger partial charge in [0.05, 0.1) is 31.6 Å². The molecule has 2 aromatic rings. The molecule has 2 fully saturated rings. The summed E-state index contributed by atoms with van der Waals surface area (Å²) in [5.41, 5.74) is 0.185. The summed E-state index contributed by atoms with van der Waals surface area (Å²) >= 11 is 0. The first-order valence-corrected chi connectivity index (χ1v) is 9.17. The maximum atomic E-state index is 12.4. The lowest BCUT2D eigenvalue weighted by molar-refractivity contribution is -0.133. The van der Waals surface area contributed by atoms with Gasteiger partial charge < -0.3 is 18.8 Å². The third kappa shape index (κ3) is 3.90. The molecule has 2 aromatic heterocycles. The normalized spacial score (nSPS) is 21.8. The minimum atomic E-state index is 0.112. The molecule has 2 aliphatic heterocycles. The zero-order chi connectivity index (χ0) is 17.8. The molecule has 6 nitrogen and oxygen atoms in total. The van der Waals surface area contributed by atoms with Crippen molar-refractivity contribution in [3.8, 4) is 5.75 Å². The lowest BCUT2D eigenvalue weighted by Crippen LogP contribution is -2.44. The Bertz CT molecular complexity index is 709. The first-order chi connectivity index (χ1) is 12.7. The van der Waals surface area contributed by atoms with Gasteiger partial charge in [-0.3, -0.25) is 9.78 Å². The largest absolute Gasteiger partial charge is 0.489 e. The maximum absolute atomic E-state index is 12.4. The molecule has 0 aromatic carbocycles. The molecule has 2 saturated heterocycles. The van der Waals surface area contributed by atoms with E-state index >= 15 is 0 Å². The fraction of sp³-hybridized carbons (Fsp3) is 0.500. The van der Waals surface area contributed by atoms with Crippen molar-refractivity contribution in [2.45, 2.75) is 31.8 Å². The molecule has 26 heavy (non-hydrogen) atoms. The maximum Gasteiger partial charge on any atom is 0.230 e. The monoisotopic (exact) mass is 356 g/mol. The van der Waals surface area contributed by atoms with E-state index in [1.54, 1.807) is 18.7 Å². The average Bonchev–Trinajstić information content (AvgIpc) is 3.32. The van der Waals surface area contributed by atoms with E-state index in [2.05, 4.69) is 4.98 Å². The van der Waals surface area contributed by atoms with Gasteiger partial charge in [0.1, 0.15) is 18.1 Å². The Morgan fingerprint density at radius 2 is 2.19 bits per heavy atom. The number of likely N-dealkylation sites (tertiary alicyclic amines) is 1. The zero-order valence-electron chi connectivity index (χ0n) is 14.8. The van der Waals surface area contributed by atoms with Crippen LogP contribution in [-0.2, 0) is 16.0 Å². The minimum absolute atomic E-state index is 0.112. The topological polar surface area (TPSA) is 64.8 Å². The number of furan rings is 1. The predicted molar refractivity (Wildman–Crippen MR) is 94.7 cm³/mol. The molecular weight excluding hydrogens is 332 g/mol. The third-order valence-corrected chi connectivity index (χ3v) is 5.44. The molecule has 0 bridgehead atoms. The van der Waals surface area contributed by atoms with E-state index < -0.39 is 0 Å². The van der Waals surface area contributed by atoms with Gasteiger partial charge in [0.15, 0.2) is 0 Å². The summed E-state index contributed by atoms with van der Waals surface area (Å²) in [6.07, 6.45) is 8.48. The molecule has 0 aliphatic carbocycles. The number of aromatic nitrogens is 1. The summed E-state index contributed by atoms with van der Waals surface area (Å²) in [4.78, 5) is 18.4. The SMILES string of the molecule is O=C(Cc1ccco1)N1CCC2(CC1)CO[C@H](COc1cccnc1)C2. The molecule has 138 valence electrons. The number of amides is 1. The van der Waals surface area contributed by atoms with Gasteiger partial charge in [0.25, 0.3) is 0 Å². The van der Waals surface area contributed by atoms with Crippen LogP contribution in [0.1, 0.15) is 25.0 Å². The van der Waals surface area contributed by atoms with E-state index in [-0.39, 0.29) is 17.4 Å². The number of ether oxygens (including phenoxy) is 2. The minimum Gasteiger partial charge on any atom is -0.489 e. The first-order valence-electron chi connectivity index (χ1n) is 9.17. The lowest BCUT2D eigenvalue weighted by atomic mass is 9.76. The van der Waals surface area contributed by atoms with E-state index in [4.69, 9.17) is 13.9 Å². The van der Waals surface area contributed by atoms with Crippen molar-refractivity contribution < 1.29 is 18.7 Å². The van der Waals surface area contributed by atoms with Gasteiger partial charge >= 0.3 is 0 Å². The fourth-order valence-corrected chi connectivity index (χ4v) is 3.88. The van der Waals surface area contributed by atoms with E-state index in [0.29, 0.717) is 13.0 Å². The molecule has 2 aliphatic rings. The van der Waals surface area contributed by atoms with Gasteiger partial charge in [0.2, 0.25) is 5.91 Å². The molecule has 0 saturated carbocycles.